The zero-order valence-corrected chi connectivity index (χ0v) is 14.0. The Kier molecular flexibility index (Phi) is 9.11. The molecule has 21 heavy (non-hydrogen) atoms. The first-order valence-corrected chi connectivity index (χ1v) is 8.01. The number of ether oxygens (including phenoxy) is 2. The molecule has 3 heteroatoms. The summed E-state index contributed by atoms with van der Waals surface area (Å²) < 4.78 is 11.0. The maximum Gasteiger partial charge on any atom is 0.119 e. The van der Waals surface area contributed by atoms with Gasteiger partial charge in [-0.25, -0.2) is 0 Å². The summed E-state index contributed by atoms with van der Waals surface area (Å²) in [5, 5.41) is 3.29. The van der Waals surface area contributed by atoms with Gasteiger partial charge in [0.2, 0.25) is 0 Å². The van der Waals surface area contributed by atoms with Crippen molar-refractivity contribution in [3.05, 3.63) is 29.8 Å². The van der Waals surface area contributed by atoms with E-state index >= 15 is 0 Å². The molecule has 1 aromatic carbocycles. The molecule has 1 N–H and O–H groups in total. The van der Waals surface area contributed by atoms with E-state index in [0.29, 0.717) is 5.92 Å². The SMILES string of the molecule is CNCC(CCOCCC(C)C)Cc1cccc(OC)c1. The normalized spacial score (nSPS) is 12.6. The highest BCUT2D eigenvalue weighted by Gasteiger charge is 2.10. The Balaban J connectivity index is 2.38. The zero-order valence-electron chi connectivity index (χ0n) is 14.0. The molecule has 0 aliphatic rings. The molecule has 1 unspecified atom stereocenters. The average Bonchev–Trinajstić information content (AvgIpc) is 2.47. The summed E-state index contributed by atoms with van der Waals surface area (Å²) in [7, 11) is 3.73. The first-order chi connectivity index (χ1) is 10.2. The predicted molar refractivity (Wildman–Crippen MR) is 89.0 cm³/mol. The van der Waals surface area contributed by atoms with Crippen molar-refractivity contribution in [2.45, 2.75) is 33.1 Å². The van der Waals surface area contributed by atoms with Gasteiger partial charge in [-0.2, -0.15) is 0 Å². The van der Waals surface area contributed by atoms with Gasteiger partial charge in [-0.15, -0.1) is 0 Å². The van der Waals surface area contributed by atoms with Gasteiger partial charge in [0.1, 0.15) is 5.75 Å². The molecular weight excluding hydrogens is 262 g/mol. The lowest BCUT2D eigenvalue weighted by Crippen LogP contribution is -2.22. The lowest BCUT2D eigenvalue weighted by atomic mass is 9.96. The van der Waals surface area contributed by atoms with Crippen LogP contribution in [-0.4, -0.2) is 33.9 Å². The fourth-order valence-electron chi connectivity index (χ4n) is 2.37. The lowest BCUT2D eigenvalue weighted by Gasteiger charge is -2.17. The molecule has 3 nitrogen and oxygen atoms in total. The number of nitrogens with one attached hydrogen (secondary N) is 1. The summed E-state index contributed by atoms with van der Waals surface area (Å²) in [5.41, 5.74) is 1.33. The van der Waals surface area contributed by atoms with Crippen LogP contribution in [0.4, 0.5) is 0 Å². The molecule has 0 heterocycles. The molecule has 1 aromatic rings. The summed E-state index contributed by atoms with van der Waals surface area (Å²) >= 11 is 0. The second kappa shape index (κ2) is 10.6. The molecule has 0 saturated carbocycles. The maximum absolute atomic E-state index is 5.75. The maximum atomic E-state index is 5.75. The summed E-state index contributed by atoms with van der Waals surface area (Å²) in [6.07, 6.45) is 3.30. The highest BCUT2D eigenvalue weighted by Crippen LogP contribution is 2.17. The van der Waals surface area contributed by atoms with Crippen LogP contribution in [0.2, 0.25) is 0 Å². The van der Waals surface area contributed by atoms with Crippen LogP contribution in [0, 0.1) is 11.8 Å². The number of rotatable bonds is 11. The Morgan fingerprint density at radius 3 is 2.57 bits per heavy atom. The van der Waals surface area contributed by atoms with Crippen molar-refractivity contribution in [2.75, 3.05) is 33.9 Å². The van der Waals surface area contributed by atoms with Gasteiger partial charge < -0.3 is 14.8 Å². The van der Waals surface area contributed by atoms with Crippen LogP contribution in [-0.2, 0) is 11.2 Å². The first kappa shape index (κ1) is 18.0. The fraction of sp³-hybridized carbons (Fsp3) is 0.667. The van der Waals surface area contributed by atoms with Crippen molar-refractivity contribution >= 4 is 0 Å². The number of benzene rings is 1. The minimum atomic E-state index is 0.598. The minimum absolute atomic E-state index is 0.598. The number of hydrogen-bond acceptors (Lipinski definition) is 3. The Hall–Kier alpha value is -1.06. The van der Waals surface area contributed by atoms with Gasteiger partial charge in [0.05, 0.1) is 7.11 Å². The van der Waals surface area contributed by atoms with Crippen molar-refractivity contribution < 1.29 is 9.47 Å². The molecule has 120 valence electrons. The molecule has 1 rings (SSSR count). The average molecular weight is 293 g/mol. The van der Waals surface area contributed by atoms with Gasteiger partial charge in [-0.1, -0.05) is 26.0 Å². The predicted octanol–water partition coefficient (Wildman–Crippen LogP) is 3.53. The molecule has 0 saturated heterocycles. The van der Waals surface area contributed by atoms with Crippen molar-refractivity contribution in [1.29, 1.82) is 0 Å². The molecule has 0 aliphatic heterocycles. The van der Waals surface area contributed by atoms with Gasteiger partial charge in [0, 0.05) is 13.2 Å². The molecule has 0 bridgehead atoms. The second-order valence-corrected chi connectivity index (χ2v) is 6.06. The molecule has 0 fully saturated rings. The van der Waals surface area contributed by atoms with E-state index in [0.717, 1.165) is 50.7 Å². The fourth-order valence-corrected chi connectivity index (χ4v) is 2.37. The van der Waals surface area contributed by atoms with Crippen LogP contribution in [0.3, 0.4) is 0 Å². The van der Waals surface area contributed by atoms with Crippen LogP contribution in [0.25, 0.3) is 0 Å². The highest BCUT2D eigenvalue weighted by atomic mass is 16.5. The standard InChI is InChI=1S/C18H31NO2/c1-15(2)8-10-21-11-9-17(14-19-3)12-16-6-5-7-18(13-16)20-4/h5-7,13,15,17,19H,8-12,14H2,1-4H3. The Morgan fingerprint density at radius 2 is 1.90 bits per heavy atom. The third kappa shape index (κ3) is 8.08. The van der Waals surface area contributed by atoms with Crippen molar-refractivity contribution in [3.63, 3.8) is 0 Å². The molecule has 1 atom stereocenters. The van der Waals surface area contributed by atoms with Crippen molar-refractivity contribution in [2.24, 2.45) is 11.8 Å². The zero-order chi connectivity index (χ0) is 15.5. The Morgan fingerprint density at radius 1 is 1.14 bits per heavy atom. The van der Waals surface area contributed by atoms with Crippen LogP contribution in [0.1, 0.15) is 32.3 Å². The van der Waals surface area contributed by atoms with Gasteiger partial charge >= 0.3 is 0 Å². The number of hydrogen-bond donors (Lipinski definition) is 1. The van der Waals surface area contributed by atoms with Crippen LogP contribution in [0.5, 0.6) is 5.75 Å². The number of methoxy groups -OCH3 is 1. The van der Waals surface area contributed by atoms with E-state index < -0.39 is 0 Å². The van der Waals surface area contributed by atoms with Crippen molar-refractivity contribution in [1.82, 2.24) is 5.32 Å². The summed E-state index contributed by atoms with van der Waals surface area (Å²) in [6.45, 7) is 7.21. The molecule has 0 aromatic heterocycles. The van der Waals surface area contributed by atoms with Gasteiger partial charge in [0.15, 0.2) is 0 Å². The topological polar surface area (TPSA) is 30.5 Å². The molecule has 0 spiro atoms. The quantitative estimate of drug-likeness (QED) is 0.633. The monoisotopic (exact) mass is 293 g/mol. The molecular formula is C18H31NO2. The third-order valence-electron chi connectivity index (χ3n) is 3.66. The van der Waals surface area contributed by atoms with Gasteiger partial charge in [-0.3, -0.25) is 0 Å². The summed E-state index contributed by atoms with van der Waals surface area (Å²) in [4.78, 5) is 0. The van der Waals surface area contributed by atoms with Crippen LogP contribution < -0.4 is 10.1 Å². The van der Waals surface area contributed by atoms with E-state index in [1.165, 1.54) is 5.56 Å². The third-order valence-corrected chi connectivity index (χ3v) is 3.66. The van der Waals surface area contributed by atoms with E-state index in [4.69, 9.17) is 9.47 Å². The van der Waals surface area contributed by atoms with E-state index in [2.05, 4.69) is 37.4 Å². The summed E-state index contributed by atoms with van der Waals surface area (Å²) in [6, 6.07) is 8.35. The largest absolute Gasteiger partial charge is 0.497 e. The van der Waals surface area contributed by atoms with Gasteiger partial charge in [0.25, 0.3) is 0 Å². The van der Waals surface area contributed by atoms with Crippen molar-refractivity contribution in [3.8, 4) is 5.75 Å². The molecule has 0 aliphatic carbocycles. The van der Waals surface area contributed by atoms with E-state index in [1.807, 2.05) is 13.1 Å². The second-order valence-electron chi connectivity index (χ2n) is 6.06. The van der Waals surface area contributed by atoms with E-state index in [-0.39, 0.29) is 0 Å². The van der Waals surface area contributed by atoms with Gasteiger partial charge in [-0.05, 0) is 62.4 Å². The molecule has 0 amide bonds. The summed E-state index contributed by atoms with van der Waals surface area (Å²) in [5.74, 6) is 2.25. The van der Waals surface area contributed by atoms with E-state index in [1.54, 1.807) is 7.11 Å². The smallest absolute Gasteiger partial charge is 0.119 e. The lowest BCUT2D eigenvalue weighted by molar-refractivity contribution is 0.110. The first-order valence-electron chi connectivity index (χ1n) is 8.01. The highest BCUT2D eigenvalue weighted by molar-refractivity contribution is 5.28. The van der Waals surface area contributed by atoms with Crippen LogP contribution >= 0.6 is 0 Å². The van der Waals surface area contributed by atoms with Crippen LogP contribution in [0.15, 0.2) is 24.3 Å². The van der Waals surface area contributed by atoms with E-state index in [9.17, 15) is 0 Å². The Labute approximate surface area is 130 Å². The Bertz CT molecular complexity index is 379. The minimum Gasteiger partial charge on any atom is -0.497 e. The molecule has 0 radical (unpaired) electrons.